The van der Waals surface area contributed by atoms with Gasteiger partial charge in [-0.1, -0.05) is 6.07 Å². The molecular weight excluding hydrogens is 171 g/mol. The van der Waals surface area contributed by atoms with E-state index in [0.717, 1.165) is 0 Å². The fourth-order valence-corrected chi connectivity index (χ4v) is 1.27. The number of Topliss-reactive ketones (excluding diaryl/α,β-unsaturated/α-hetero) is 1. The van der Waals surface area contributed by atoms with Crippen molar-refractivity contribution in [2.45, 2.75) is 0 Å². The lowest BCUT2D eigenvalue weighted by atomic mass is 9.80. The molecule has 0 radical (unpaired) electrons. The predicted octanol–water partition coefficient (Wildman–Crippen LogP) is -1.06. The molecule has 1 aliphatic heterocycles. The summed E-state index contributed by atoms with van der Waals surface area (Å²) in [5.41, 5.74) is 0.831. The second kappa shape index (κ2) is 2.87. The Balaban J connectivity index is 2.45. The van der Waals surface area contributed by atoms with Crippen LogP contribution in [-0.2, 0) is 0 Å². The Labute approximate surface area is 74.9 Å². The van der Waals surface area contributed by atoms with Gasteiger partial charge in [-0.05, 0) is 17.6 Å². The molecular formula is C8H7BO4. The molecule has 4 nitrogen and oxygen atoms in total. The molecule has 1 aromatic rings. The average Bonchev–Trinajstić information content (AvgIpc) is 2.47. The number of hydrogen-bond acceptors (Lipinski definition) is 4. The van der Waals surface area contributed by atoms with Crippen molar-refractivity contribution in [3.05, 3.63) is 23.8 Å². The Kier molecular flexibility index (Phi) is 1.83. The largest absolute Gasteiger partial charge is 0.488 e. The summed E-state index contributed by atoms with van der Waals surface area (Å²) in [5, 5.41) is 17.7. The number of hydrogen-bond donors (Lipinski definition) is 2. The van der Waals surface area contributed by atoms with Gasteiger partial charge in [0.2, 0.25) is 5.78 Å². The van der Waals surface area contributed by atoms with Gasteiger partial charge in [0, 0.05) is 0 Å². The van der Waals surface area contributed by atoms with E-state index in [9.17, 15) is 4.79 Å². The molecule has 0 spiro atoms. The second-order valence-electron chi connectivity index (χ2n) is 2.84. The van der Waals surface area contributed by atoms with Gasteiger partial charge in [0.1, 0.15) is 5.75 Å². The molecule has 1 aromatic carbocycles. The fourth-order valence-electron chi connectivity index (χ4n) is 1.27. The summed E-state index contributed by atoms with van der Waals surface area (Å²) in [7, 11) is -1.52. The Hall–Kier alpha value is -1.33. The first kappa shape index (κ1) is 8.28. The molecule has 2 N–H and O–H groups in total. The molecule has 1 heterocycles. The molecule has 0 aromatic heterocycles. The van der Waals surface area contributed by atoms with Crippen molar-refractivity contribution in [2.75, 3.05) is 6.61 Å². The van der Waals surface area contributed by atoms with E-state index in [2.05, 4.69) is 0 Å². The molecule has 0 atom stereocenters. The monoisotopic (exact) mass is 178 g/mol. The van der Waals surface area contributed by atoms with E-state index >= 15 is 0 Å². The second-order valence-corrected chi connectivity index (χ2v) is 2.84. The van der Waals surface area contributed by atoms with Crippen LogP contribution in [0.2, 0.25) is 0 Å². The highest BCUT2D eigenvalue weighted by molar-refractivity contribution is 6.58. The predicted molar refractivity (Wildman–Crippen MR) is 46.1 cm³/mol. The SMILES string of the molecule is O=C1COc2cc(B(O)O)ccc21. The van der Waals surface area contributed by atoms with Crippen LogP contribution in [0.1, 0.15) is 10.4 Å². The number of ether oxygens (including phenoxy) is 1. The topological polar surface area (TPSA) is 66.8 Å². The molecule has 0 unspecified atom stereocenters. The van der Waals surface area contributed by atoms with Crippen molar-refractivity contribution in [2.24, 2.45) is 0 Å². The van der Waals surface area contributed by atoms with Gasteiger partial charge in [-0.2, -0.15) is 0 Å². The summed E-state index contributed by atoms with van der Waals surface area (Å²) in [6.45, 7) is 0.0420. The first-order valence-electron chi connectivity index (χ1n) is 3.84. The summed E-state index contributed by atoms with van der Waals surface area (Å²) in [5.74, 6) is 0.351. The first-order valence-corrected chi connectivity index (χ1v) is 3.84. The van der Waals surface area contributed by atoms with E-state index in [1.165, 1.54) is 12.1 Å². The molecule has 13 heavy (non-hydrogen) atoms. The molecule has 2 rings (SSSR count). The molecule has 0 saturated heterocycles. The highest BCUT2D eigenvalue weighted by atomic mass is 16.5. The van der Waals surface area contributed by atoms with Gasteiger partial charge in [-0.15, -0.1) is 0 Å². The van der Waals surface area contributed by atoms with Gasteiger partial charge in [0.15, 0.2) is 6.61 Å². The summed E-state index contributed by atoms with van der Waals surface area (Å²) < 4.78 is 5.03. The van der Waals surface area contributed by atoms with Crippen molar-refractivity contribution < 1.29 is 19.6 Å². The minimum atomic E-state index is -1.52. The van der Waals surface area contributed by atoms with Crippen molar-refractivity contribution in [1.29, 1.82) is 0 Å². The van der Waals surface area contributed by atoms with Crippen LogP contribution in [0.3, 0.4) is 0 Å². The van der Waals surface area contributed by atoms with Crippen LogP contribution in [0.25, 0.3) is 0 Å². The van der Waals surface area contributed by atoms with E-state index in [4.69, 9.17) is 14.8 Å². The molecule has 0 amide bonds. The Morgan fingerprint density at radius 1 is 1.38 bits per heavy atom. The number of carbonyl (C=O) groups is 1. The maximum atomic E-state index is 11.1. The van der Waals surface area contributed by atoms with Crippen LogP contribution in [0.15, 0.2) is 18.2 Å². The fraction of sp³-hybridized carbons (Fsp3) is 0.125. The van der Waals surface area contributed by atoms with Gasteiger partial charge >= 0.3 is 7.12 Å². The third-order valence-electron chi connectivity index (χ3n) is 1.96. The van der Waals surface area contributed by atoms with E-state index < -0.39 is 7.12 Å². The van der Waals surface area contributed by atoms with Gasteiger partial charge in [-0.25, -0.2) is 0 Å². The van der Waals surface area contributed by atoms with Crippen molar-refractivity contribution >= 4 is 18.4 Å². The van der Waals surface area contributed by atoms with Gasteiger partial charge < -0.3 is 14.8 Å². The van der Waals surface area contributed by atoms with Gasteiger partial charge in [0.25, 0.3) is 0 Å². The van der Waals surface area contributed by atoms with E-state index in [-0.39, 0.29) is 12.4 Å². The number of rotatable bonds is 1. The molecule has 0 aliphatic carbocycles. The summed E-state index contributed by atoms with van der Waals surface area (Å²) in [6, 6.07) is 4.50. The van der Waals surface area contributed by atoms with Crippen LogP contribution in [-0.4, -0.2) is 29.6 Å². The van der Waals surface area contributed by atoms with Crippen LogP contribution in [0.5, 0.6) is 5.75 Å². The van der Waals surface area contributed by atoms with Crippen LogP contribution < -0.4 is 10.2 Å². The number of ketones is 1. The molecule has 0 saturated carbocycles. The van der Waals surface area contributed by atoms with E-state index in [0.29, 0.717) is 16.8 Å². The summed E-state index contributed by atoms with van der Waals surface area (Å²) >= 11 is 0. The Bertz CT molecular complexity index is 361. The highest BCUT2D eigenvalue weighted by Crippen LogP contribution is 2.22. The average molecular weight is 178 g/mol. The summed E-state index contributed by atoms with van der Waals surface area (Å²) in [6.07, 6.45) is 0. The lowest BCUT2D eigenvalue weighted by Gasteiger charge is -2.01. The third kappa shape index (κ3) is 1.32. The normalized spacial score (nSPS) is 13.8. The highest BCUT2D eigenvalue weighted by Gasteiger charge is 2.23. The van der Waals surface area contributed by atoms with Crippen molar-refractivity contribution in [3.8, 4) is 5.75 Å². The smallest absolute Gasteiger partial charge is 0.485 e. The van der Waals surface area contributed by atoms with Crippen LogP contribution in [0.4, 0.5) is 0 Å². The molecule has 5 heteroatoms. The number of benzene rings is 1. The zero-order valence-electron chi connectivity index (χ0n) is 6.73. The van der Waals surface area contributed by atoms with Crippen LogP contribution in [0, 0.1) is 0 Å². The maximum Gasteiger partial charge on any atom is 0.488 e. The van der Waals surface area contributed by atoms with Gasteiger partial charge in [-0.3, -0.25) is 4.79 Å². The van der Waals surface area contributed by atoms with Gasteiger partial charge in [0.05, 0.1) is 5.56 Å². The maximum absolute atomic E-state index is 11.1. The minimum absolute atomic E-state index is 0.0420. The minimum Gasteiger partial charge on any atom is -0.485 e. The zero-order valence-corrected chi connectivity index (χ0v) is 6.73. The molecule has 0 fully saturated rings. The quantitative estimate of drug-likeness (QED) is 0.538. The van der Waals surface area contributed by atoms with Crippen molar-refractivity contribution in [1.82, 2.24) is 0 Å². The standard InChI is InChI=1S/C8H7BO4/c10-7-4-13-8-3-5(9(11)12)1-2-6(7)8/h1-3,11-12H,4H2. The zero-order chi connectivity index (χ0) is 9.42. The molecule has 0 bridgehead atoms. The van der Waals surface area contributed by atoms with E-state index in [1.807, 2.05) is 0 Å². The number of carbonyl (C=O) groups excluding carboxylic acids is 1. The summed E-state index contributed by atoms with van der Waals surface area (Å²) in [4.78, 5) is 11.1. The molecule has 1 aliphatic rings. The lowest BCUT2D eigenvalue weighted by Crippen LogP contribution is -2.29. The van der Waals surface area contributed by atoms with Crippen molar-refractivity contribution in [3.63, 3.8) is 0 Å². The Morgan fingerprint density at radius 2 is 2.15 bits per heavy atom. The van der Waals surface area contributed by atoms with E-state index in [1.54, 1.807) is 6.07 Å². The van der Waals surface area contributed by atoms with Crippen LogP contribution >= 0.6 is 0 Å². The lowest BCUT2D eigenvalue weighted by molar-refractivity contribution is 0.0961. The Morgan fingerprint density at radius 3 is 2.85 bits per heavy atom. The molecule has 66 valence electrons. The third-order valence-corrected chi connectivity index (χ3v) is 1.96. The number of fused-ring (bicyclic) bond motifs is 1. The first-order chi connectivity index (χ1) is 6.18.